The number of hydrogen-bond acceptors (Lipinski definition) is 7. The van der Waals surface area contributed by atoms with E-state index in [0.29, 0.717) is 18.7 Å². The van der Waals surface area contributed by atoms with Gasteiger partial charge in [0.1, 0.15) is 10.6 Å². The fraction of sp³-hybridized carbons (Fsp3) is 0.273. The minimum atomic E-state index is 0.0618. The first-order valence-corrected chi connectivity index (χ1v) is 11.6. The second-order valence-electron chi connectivity index (χ2n) is 7.33. The first-order chi connectivity index (χ1) is 14.6. The lowest BCUT2D eigenvalue weighted by molar-refractivity contribution is 0.0746. The van der Waals surface area contributed by atoms with E-state index in [1.807, 2.05) is 11.0 Å². The van der Waals surface area contributed by atoms with E-state index in [1.165, 1.54) is 10.4 Å². The summed E-state index contributed by atoms with van der Waals surface area (Å²) in [6.07, 6.45) is 3.32. The number of rotatable bonds is 3. The van der Waals surface area contributed by atoms with Crippen molar-refractivity contribution < 1.29 is 4.79 Å². The van der Waals surface area contributed by atoms with Gasteiger partial charge in [-0.15, -0.1) is 22.7 Å². The van der Waals surface area contributed by atoms with E-state index in [-0.39, 0.29) is 5.91 Å². The molecule has 1 amide bonds. The van der Waals surface area contributed by atoms with Gasteiger partial charge in [-0.2, -0.15) is 0 Å². The molecule has 1 aliphatic rings. The lowest BCUT2D eigenvalue weighted by atomic mass is 10.1. The van der Waals surface area contributed by atoms with Gasteiger partial charge in [-0.25, -0.2) is 9.97 Å². The smallest absolute Gasteiger partial charge is 0.254 e. The Labute approximate surface area is 182 Å². The number of piperazine rings is 1. The molecule has 4 aromatic heterocycles. The molecule has 5 rings (SSSR count). The zero-order valence-electron chi connectivity index (χ0n) is 16.8. The minimum absolute atomic E-state index is 0.0618. The summed E-state index contributed by atoms with van der Waals surface area (Å²) in [6.45, 7) is 7.13. The molecule has 0 bridgehead atoms. The second-order valence-corrected chi connectivity index (χ2v) is 9.48. The monoisotopic (exact) mass is 435 g/mol. The van der Waals surface area contributed by atoms with Crippen LogP contribution in [0.3, 0.4) is 0 Å². The molecule has 6 nitrogen and oxygen atoms in total. The van der Waals surface area contributed by atoms with Gasteiger partial charge >= 0.3 is 0 Å². The Bertz CT molecular complexity index is 1200. The summed E-state index contributed by atoms with van der Waals surface area (Å²) in [5.41, 5.74) is 1.94. The first kappa shape index (κ1) is 19.1. The molecule has 0 aromatic carbocycles. The molecule has 0 aliphatic carbocycles. The summed E-state index contributed by atoms with van der Waals surface area (Å²) in [5, 5.41) is 3.20. The number of fused-ring (bicyclic) bond motifs is 1. The fourth-order valence-corrected chi connectivity index (χ4v) is 5.45. The van der Waals surface area contributed by atoms with Crippen LogP contribution in [0.5, 0.6) is 0 Å². The number of carbonyl (C=O) groups excluding carboxylic acids is 1. The van der Waals surface area contributed by atoms with Crippen LogP contribution in [0.25, 0.3) is 20.9 Å². The Hall–Kier alpha value is -2.84. The normalized spacial score (nSPS) is 14.5. The van der Waals surface area contributed by atoms with E-state index in [4.69, 9.17) is 9.97 Å². The molecular formula is C22H21N5OS2. The third kappa shape index (κ3) is 3.36. The third-order valence-electron chi connectivity index (χ3n) is 5.54. The second kappa shape index (κ2) is 7.77. The summed E-state index contributed by atoms with van der Waals surface area (Å²) in [6, 6.07) is 7.64. The maximum absolute atomic E-state index is 12.8. The van der Waals surface area contributed by atoms with Gasteiger partial charge in [0, 0.05) is 49.0 Å². The first-order valence-electron chi connectivity index (χ1n) is 9.87. The maximum Gasteiger partial charge on any atom is 0.254 e. The summed E-state index contributed by atoms with van der Waals surface area (Å²) in [4.78, 5) is 34.2. The number of aromatic nitrogens is 3. The number of carbonyl (C=O) groups is 1. The van der Waals surface area contributed by atoms with Gasteiger partial charge in [0.15, 0.2) is 5.82 Å². The zero-order valence-corrected chi connectivity index (χ0v) is 18.5. The van der Waals surface area contributed by atoms with Crippen LogP contribution >= 0.6 is 22.7 Å². The quantitative estimate of drug-likeness (QED) is 0.477. The molecule has 152 valence electrons. The van der Waals surface area contributed by atoms with Crippen molar-refractivity contribution in [2.75, 3.05) is 31.1 Å². The summed E-state index contributed by atoms with van der Waals surface area (Å²) >= 11 is 3.38. The van der Waals surface area contributed by atoms with Gasteiger partial charge in [0.25, 0.3) is 5.91 Å². The summed E-state index contributed by atoms with van der Waals surface area (Å²) in [7, 11) is 0. The van der Waals surface area contributed by atoms with E-state index in [1.54, 1.807) is 47.2 Å². The lowest BCUT2D eigenvalue weighted by Crippen LogP contribution is -2.49. The number of thiophene rings is 2. The molecule has 5 heterocycles. The van der Waals surface area contributed by atoms with Crippen molar-refractivity contribution >= 4 is 44.6 Å². The van der Waals surface area contributed by atoms with Crippen molar-refractivity contribution in [3.63, 3.8) is 0 Å². The van der Waals surface area contributed by atoms with Crippen LogP contribution in [0.2, 0.25) is 0 Å². The zero-order chi connectivity index (χ0) is 20.7. The molecular weight excluding hydrogens is 414 g/mol. The molecule has 0 unspecified atom stereocenters. The summed E-state index contributed by atoms with van der Waals surface area (Å²) < 4.78 is 0. The van der Waals surface area contributed by atoms with Gasteiger partial charge in [0.05, 0.1) is 10.3 Å². The predicted molar refractivity (Wildman–Crippen MR) is 123 cm³/mol. The maximum atomic E-state index is 12.8. The number of aryl methyl sites for hydroxylation is 2. The van der Waals surface area contributed by atoms with Crippen LogP contribution in [0.1, 0.15) is 20.8 Å². The number of anilines is 1. The number of amides is 1. The number of nitrogens with zero attached hydrogens (tertiary/aromatic N) is 5. The Kier molecular flexibility index (Phi) is 4.96. The molecule has 4 aromatic rings. The number of hydrogen-bond donors (Lipinski definition) is 0. The molecule has 0 atom stereocenters. The highest BCUT2D eigenvalue weighted by molar-refractivity contribution is 7.19. The molecule has 0 spiro atoms. The Morgan fingerprint density at radius 2 is 1.80 bits per heavy atom. The molecule has 0 N–H and O–H groups in total. The fourth-order valence-electron chi connectivity index (χ4n) is 3.77. The van der Waals surface area contributed by atoms with E-state index in [0.717, 1.165) is 39.8 Å². The van der Waals surface area contributed by atoms with Crippen molar-refractivity contribution in [1.82, 2.24) is 19.9 Å². The van der Waals surface area contributed by atoms with Crippen LogP contribution in [-0.2, 0) is 0 Å². The van der Waals surface area contributed by atoms with Gasteiger partial charge < -0.3 is 9.80 Å². The van der Waals surface area contributed by atoms with Crippen LogP contribution in [0.4, 0.5) is 5.82 Å². The molecule has 0 saturated carbocycles. The third-order valence-corrected chi connectivity index (χ3v) is 7.51. The van der Waals surface area contributed by atoms with Gasteiger partial charge in [-0.05, 0) is 43.0 Å². The standard InChI is InChI=1S/C22H21N5OS2/c1-14-15(2)30-21-18(14)20(24-19(25-21)17-4-3-13-29-17)26-9-11-27(12-10-26)22(28)16-5-7-23-8-6-16/h3-8,13H,9-12H2,1-2H3. The average Bonchev–Trinajstić information content (AvgIpc) is 3.42. The highest BCUT2D eigenvalue weighted by Gasteiger charge is 2.26. The van der Waals surface area contributed by atoms with E-state index in [9.17, 15) is 4.79 Å². The predicted octanol–water partition coefficient (Wildman–Crippen LogP) is 4.39. The molecule has 1 fully saturated rings. The van der Waals surface area contributed by atoms with Crippen molar-refractivity contribution in [2.24, 2.45) is 0 Å². The highest BCUT2D eigenvalue weighted by Crippen LogP contribution is 2.37. The molecule has 30 heavy (non-hydrogen) atoms. The van der Waals surface area contributed by atoms with E-state index >= 15 is 0 Å². The van der Waals surface area contributed by atoms with Crippen molar-refractivity contribution in [3.8, 4) is 10.7 Å². The average molecular weight is 436 g/mol. The molecule has 0 radical (unpaired) electrons. The molecule has 1 saturated heterocycles. The van der Waals surface area contributed by atoms with E-state index in [2.05, 4.69) is 35.2 Å². The van der Waals surface area contributed by atoms with Crippen LogP contribution in [-0.4, -0.2) is 51.9 Å². The van der Waals surface area contributed by atoms with Crippen molar-refractivity contribution in [3.05, 3.63) is 58.0 Å². The van der Waals surface area contributed by atoms with Crippen molar-refractivity contribution in [2.45, 2.75) is 13.8 Å². The van der Waals surface area contributed by atoms with Crippen molar-refractivity contribution in [1.29, 1.82) is 0 Å². The van der Waals surface area contributed by atoms with Gasteiger partial charge in [-0.3, -0.25) is 9.78 Å². The van der Waals surface area contributed by atoms with Crippen LogP contribution in [0, 0.1) is 13.8 Å². The highest BCUT2D eigenvalue weighted by atomic mass is 32.1. The van der Waals surface area contributed by atoms with Crippen LogP contribution < -0.4 is 4.90 Å². The summed E-state index contributed by atoms with van der Waals surface area (Å²) in [5.74, 6) is 1.83. The topological polar surface area (TPSA) is 62.2 Å². The number of pyridine rings is 1. The van der Waals surface area contributed by atoms with Crippen LogP contribution in [0.15, 0.2) is 42.0 Å². The Morgan fingerprint density at radius 3 is 2.50 bits per heavy atom. The Balaban J connectivity index is 1.46. The Morgan fingerprint density at radius 1 is 1.03 bits per heavy atom. The minimum Gasteiger partial charge on any atom is -0.352 e. The SMILES string of the molecule is Cc1sc2nc(-c3cccs3)nc(N3CCN(C(=O)c4ccncc4)CC3)c2c1C. The molecule has 8 heteroatoms. The molecule has 1 aliphatic heterocycles. The lowest BCUT2D eigenvalue weighted by Gasteiger charge is -2.36. The van der Waals surface area contributed by atoms with Gasteiger partial charge in [0.2, 0.25) is 0 Å². The largest absolute Gasteiger partial charge is 0.352 e. The van der Waals surface area contributed by atoms with E-state index < -0.39 is 0 Å². The van der Waals surface area contributed by atoms with Gasteiger partial charge in [-0.1, -0.05) is 6.07 Å².